The SMILES string of the molecule is O=C(CCO)ONCc1ccccc1. The standard InChI is InChI=1S/C10H13NO3/c12-7-6-10(13)14-11-8-9-4-2-1-3-5-9/h1-5,11-12H,6-8H2. The lowest BCUT2D eigenvalue weighted by molar-refractivity contribution is -0.152. The van der Waals surface area contributed by atoms with Gasteiger partial charge in [0.05, 0.1) is 19.6 Å². The third kappa shape index (κ3) is 4.02. The minimum absolute atomic E-state index is 0.0157. The van der Waals surface area contributed by atoms with Crippen molar-refractivity contribution >= 4 is 5.97 Å². The second-order valence-electron chi connectivity index (χ2n) is 2.75. The van der Waals surface area contributed by atoms with Crippen LogP contribution in [0.1, 0.15) is 12.0 Å². The van der Waals surface area contributed by atoms with E-state index in [4.69, 9.17) is 5.11 Å². The molecule has 0 aliphatic rings. The third-order valence-corrected chi connectivity index (χ3v) is 1.62. The highest BCUT2D eigenvalue weighted by molar-refractivity contribution is 5.69. The van der Waals surface area contributed by atoms with Gasteiger partial charge >= 0.3 is 5.97 Å². The second-order valence-corrected chi connectivity index (χ2v) is 2.75. The van der Waals surface area contributed by atoms with Crippen molar-refractivity contribution in [1.29, 1.82) is 0 Å². The molecule has 0 radical (unpaired) electrons. The minimum Gasteiger partial charge on any atom is -0.396 e. The van der Waals surface area contributed by atoms with E-state index in [0.717, 1.165) is 5.56 Å². The molecule has 1 aromatic rings. The Bertz CT molecular complexity index is 274. The van der Waals surface area contributed by atoms with Crippen LogP contribution in [0.5, 0.6) is 0 Å². The molecule has 76 valence electrons. The van der Waals surface area contributed by atoms with Gasteiger partial charge in [0.2, 0.25) is 0 Å². The number of hydroxylamine groups is 1. The molecule has 4 heteroatoms. The van der Waals surface area contributed by atoms with Crippen molar-refractivity contribution in [2.24, 2.45) is 0 Å². The summed E-state index contributed by atoms with van der Waals surface area (Å²) < 4.78 is 0. The van der Waals surface area contributed by atoms with Crippen molar-refractivity contribution in [2.45, 2.75) is 13.0 Å². The Balaban J connectivity index is 2.19. The van der Waals surface area contributed by atoms with Gasteiger partial charge in [-0.05, 0) is 5.56 Å². The molecule has 0 aliphatic heterocycles. The first-order chi connectivity index (χ1) is 6.83. The average Bonchev–Trinajstić information content (AvgIpc) is 2.20. The summed E-state index contributed by atoms with van der Waals surface area (Å²) in [5, 5.41) is 8.42. The molecule has 0 fully saturated rings. The number of carbonyl (C=O) groups excluding carboxylic acids is 1. The van der Waals surface area contributed by atoms with Crippen LogP contribution in [0.4, 0.5) is 0 Å². The number of hydrogen-bond acceptors (Lipinski definition) is 4. The number of carbonyl (C=O) groups is 1. The van der Waals surface area contributed by atoms with E-state index in [9.17, 15) is 4.79 Å². The average molecular weight is 195 g/mol. The molecule has 2 N–H and O–H groups in total. The van der Waals surface area contributed by atoms with Crippen LogP contribution in [-0.2, 0) is 16.2 Å². The Kier molecular flexibility index (Phi) is 4.68. The van der Waals surface area contributed by atoms with E-state index in [2.05, 4.69) is 10.3 Å². The molecule has 0 amide bonds. The maximum Gasteiger partial charge on any atom is 0.327 e. The molecule has 0 saturated heterocycles. The molecule has 0 atom stereocenters. The Hall–Kier alpha value is -1.39. The van der Waals surface area contributed by atoms with Crippen molar-refractivity contribution in [1.82, 2.24) is 5.48 Å². The molecule has 0 heterocycles. The maximum atomic E-state index is 10.8. The van der Waals surface area contributed by atoms with Crippen LogP contribution in [0.2, 0.25) is 0 Å². The maximum absolute atomic E-state index is 10.8. The van der Waals surface area contributed by atoms with E-state index in [1.807, 2.05) is 30.3 Å². The lowest BCUT2D eigenvalue weighted by atomic mass is 10.2. The molecule has 1 rings (SSSR count). The van der Waals surface area contributed by atoms with Crippen LogP contribution in [0.15, 0.2) is 30.3 Å². The summed E-state index contributed by atoms with van der Waals surface area (Å²) in [5.74, 6) is -0.455. The molecule has 0 bridgehead atoms. The molecule has 1 aromatic carbocycles. The second kappa shape index (κ2) is 6.12. The molecular formula is C10H13NO3. The Labute approximate surface area is 82.5 Å². The predicted molar refractivity (Wildman–Crippen MR) is 51.1 cm³/mol. The van der Waals surface area contributed by atoms with Gasteiger partial charge in [-0.15, -0.1) is 5.48 Å². The molecule has 0 spiro atoms. The highest BCUT2D eigenvalue weighted by atomic mass is 16.7. The smallest absolute Gasteiger partial charge is 0.327 e. The summed E-state index contributed by atoms with van der Waals surface area (Å²) in [4.78, 5) is 15.4. The van der Waals surface area contributed by atoms with Crippen molar-refractivity contribution in [3.63, 3.8) is 0 Å². The Morgan fingerprint density at radius 1 is 1.36 bits per heavy atom. The lowest BCUT2D eigenvalue weighted by Crippen LogP contribution is -2.20. The summed E-state index contributed by atoms with van der Waals surface area (Å²) in [6, 6.07) is 9.58. The van der Waals surface area contributed by atoms with Crippen LogP contribution in [-0.4, -0.2) is 17.7 Å². The first kappa shape index (κ1) is 10.7. The molecular weight excluding hydrogens is 182 g/mol. The van der Waals surface area contributed by atoms with Gasteiger partial charge in [0, 0.05) is 0 Å². The van der Waals surface area contributed by atoms with E-state index in [-0.39, 0.29) is 13.0 Å². The highest BCUT2D eigenvalue weighted by Gasteiger charge is 2.00. The molecule has 0 unspecified atom stereocenters. The van der Waals surface area contributed by atoms with Gasteiger partial charge in [-0.25, -0.2) is 0 Å². The summed E-state index contributed by atoms with van der Waals surface area (Å²) >= 11 is 0. The van der Waals surface area contributed by atoms with Gasteiger partial charge in [0.1, 0.15) is 0 Å². The fraction of sp³-hybridized carbons (Fsp3) is 0.300. The monoisotopic (exact) mass is 195 g/mol. The predicted octanol–water partition coefficient (Wildman–Crippen LogP) is 0.617. The summed E-state index contributed by atoms with van der Waals surface area (Å²) in [6.07, 6.45) is 0.0157. The zero-order valence-electron chi connectivity index (χ0n) is 7.77. The number of benzene rings is 1. The van der Waals surface area contributed by atoms with Gasteiger partial charge in [0.25, 0.3) is 0 Å². The number of nitrogens with one attached hydrogen (secondary N) is 1. The van der Waals surface area contributed by atoms with Crippen LogP contribution in [0.25, 0.3) is 0 Å². The highest BCUT2D eigenvalue weighted by Crippen LogP contribution is 1.97. The number of aliphatic hydroxyl groups excluding tert-OH is 1. The van der Waals surface area contributed by atoms with Gasteiger partial charge < -0.3 is 9.94 Å². The zero-order chi connectivity index (χ0) is 10.2. The van der Waals surface area contributed by atoms with Gasteiger partial charge in [-0.1, -0.05) is 30.3 Å². The van der Waals surface area contributed by atoms with Crippen LogP contribution >= 0.6 is 0 Å². The minimum atomic E-state index is -0.455. The lowest BCUT2D eigenvalue weighted by Gasteiger charge is -2.04. The van der Waals surface area contributed by atoms with Crippen molar-refractivity contribution < 1.29 is 14.7 Å². The summed E-state index contributed by atoms with van der Waals surface area (Å²) in [5.41, 5.74) is 3.56. The van der Waals surface area contributed by atoms with Gasteiger partial charge in [-0.2, -0.15) is 0 Å². The Morgan fingerprint density at radius 2 is 2.07 bits per heavy atom. The molecule has 0 aromatic heterocycles. The van der Waals surface area contributed by atoms with E-state index in [1.54, 1.807) is 0 Å². The number of aliphatic hydroxyl groups is 1. The Morgan fingerprint density at radius 3 is 2.71 bits per heavy atom. The normalized spacial score (nSPS) is 9.79. The fourth-order valence-electron chi connectivity index (χ4n) is 0.938. The number of rotatable bonds is 5. The van der Waals surface area contributed by atoms with Crippen molar-refractivity contribution in [2.75, 3.05) is 6.61 Å². The van der Waals surface area contributed by atoms with Gasteiger partial charge in [0.15, 0.2) is 0 Å². The van der Waals surface area contributed by atoms with E-state index in [1.165, 1.54) is 0 Å². The van der Waals surface area contributed by atoms with Crippen LogP contribution in [0.3, 0.4) is 0 Å². The molecule has 0 saturated carbocycles. The van der Waals surface area contributed by atoms with E-state index < -0.39 is 5.97 Å². The first-order valence-electron chi connectivity index (χ1n) is 4.40. The number of hydrogen-bond donors (Lipinski definition) is 2. The van der Waals surface area contributed by atoms with Crippen molar-refractivity contribution in [3.05, 3.63) is 35.9 Å². The molecule has 0 aliphatic carbocycles. The molecule has 14 heavy (non-hydrogen) atoms. The van der Waals surface area contributed by atoms with Gasteiger partial charge in [-0.3, -0.25) is 4.79 Å². The third-order valence-electron chi connectivity index (χ3n) is 1.62. The quantitative estimate of drug-likeness (QED) is 0.676. The molecule has 4 nitrogen and oxygen atoms in total. The van der Waals surface area contributed by atoms with E-state index in [0.29, 0.717) is 6.54 Å². The fourth-order valence-corrected chi connectivity index (χ4v) is 0.938. The van der Waals surface area contributed by atoms with Crippen molar-refractivity contribution in [3.8, 4) is 0 Å². The topological polar surface area (TPSA) is 58.6 Å². The van der Waals surface area contributed by atoms with Crippen LogP contribution in [0, 0.1) is 0 Å². The summed E-state index contributed by atoms with van der Waals surface area (Å²) in [7, 11) is 0. The largest absolute Gasteiger partial charge is 0.396 e. The first-order valence-corrected chi connectivity index (χ1v) is 4.40. The van der Waals surface area contributed by atoms with E-state index >= 15 is 0 Å². The zero-order valence-corrected chi connectivity index (χ0v) is 7.77. The van der Waals surface area contributed by atoms with Crippen LogP contribution < -0.4 is 5.48 Å². The summed E-state index contributed by atoms with van der Waals surface area (Å²) in [6.45, 7) is 0.282.